The van der Waals surface area contributed by atoms with E-state index < -0.39 is 0 Å². The van der Waals surface area contributed by atoms with Crippen LogP contribution in [0.3, 0.4) is 0 Å². The van der Waals surface area contributed by atoms with Crippen molar-refractivity contribution in [2.75, 3.05) is 0 Å². The predicted molar refractivity (Wildman–Crippen MR) is 65.0 cm³/mol. The van der Waals surface area contributed by atoms with E-state index in [9.17, 15) is 4.79 Å². The average Bonchev–Trinajstić information content (AvgIpc) is 2.18. The smallest absolute Gasteiger partial charge is 0.306 e. The Morgan fingerprint density at radius 2 is 1.88 bits per heavy atom. The highest BCUT2D eigenvalue weighted by atomic mass is 16.5. The Balaban J connectivity index is 2.19. The first-order chi connectivity index (χ1) is 7.37. The highest BCUT2D eigenvalue weighted by Crippen LogP contribution is 2.26. The summed E-state index contributed by atoms with van der Waals surface area (Å²) in [5.74, 6) is 0.705. The summed E-state index contributed by atoms with van der Waals surface area (Å²) in [7, 11) is 0. The normalized spacial score (nSPS) is 26.5. The van der Waals surface area contributed by atoms with Crippen molar-refractivity contribution in [1.29, 1.82) is 0 Å². The van der Waals surface area contributed by atoms with Gasteiger partial charge in [0.15, 0.2) is 0 Å². The van der Waals surface area contributed by atoms with Crippen LogP contribution in [0.5, 0.6) is 0 Å². The summed E-state index contributed by atoms with van der Waals surface area (Å²) in [6.07, 6.45) is 5.70. The lowest BCUT2D eigenvalue weighted by atomic mass is 9.89. The van der Waals surface area contributed by atoms with E-state index in [-0.39, 0.29) is 17.6 Å². The number of ether oxygens (including phenoxy) is 1. The molecule has 16 heavy (non-hydrogen) atoms. The molecule has 0 aliphatic heterocycles. The van der Waals surface area contributed by atoms with E-state index in [1.807, 2.05) is 13.8 Å². The van der Waals surface area contributed by atoms with Crippen LogP contribution in [0.2, 0.25) is 0 Å². The molecule has 1 rings (SSSR count). The maximum absolute atomic E-state index is 11.6. The van der Waals surface area contributed by atoms with Gasteiger partial charge in [0, 0.05) is 12.0 Å². The number of hydrogen-bond acceptors (Lipinski definition) is 3. The van der Waals surface area contributed by atoms with Gasteiger partial charge in [-0.05, 0) is 51.9 Å². The van der Waals surface area contributed by atoms with E-state index in [2.05, 4.69) is 6.92 Å². The van der Waals surface area contributed by atoms with Gasteiger partial charge in [0.2, 0.25) is 0 Å². The molecule has 0 bridgehead atoms. The van der Waals surface area contributed by atoms with E-state index in [1.54, 1.807) is 0 Å². The van der Waals surface area contributed by atoms with Crippen molar-refractivity contribution in [3.05, 3.63) is 0 Å². The van der Waals surface area contributed by atoms with Gasteiger partial charge in [0.1, 0.15) is 6.10 Å². The number of esters is 1. The maximum Gasteiger partial charge on any atom is 0.306 e. The van der Waals surface area contributed by atoms with E-state index >= 15 is 0 Å². The molecule has 0 heterocycles. The molecule has 3 heteroatoms. The molecule has 3 nitrogen and oxygen atoms in total. The molecule has 0 aromatic carbocycles. The minimum Gasteiger partial charge on any atom is -0.462 e. The second-order valence-corrected chi connectivity index (χ2v) is 5.86. The number of hydrogen-bond donors (Lipinski definition) is 1. The Bertz CT molecular complexity index is 225. The van der Waals surface area contributed by atoms with Crippen molar-refractivity contribution in [1.82, 2.24) is 0 Å². The van der Waals surface area contributed by atoms with Gasteiger partial charge in [0.05, 0.1) is 0 Å². The molecule has 0 unspecified atom stereocenters. The molecule has 0 aromatic heterocycles. The lowest BCUT2D eigenvalue weighted by molar-refractivity contribution is -0.151. The average molecular weight is 227 g/mol. The van der Waals surface area contributed by atoms with Crippen molar-refractivity contribution in [3.8, 4) is 0 Å². The third-order valence-corrected chi connectivity index (χ3v) is 3.23. The van der Waals surface area contributed by atoms with Crippen LogP contribution in [-0.4, -0.2) is 17.6 Å². The van der Waals surface area contributed by atoms with Gasteiger partial charge in [-0.2, -0.15) is 0 Å². The Morgan fingerprint density at radius 3 is 2.38 bits per heavy atom. The molecule has 1 fully saturated rings. The summed E-state index contributed by atoms with van der Waals surface area (Å²) >= 11 is 0. The van der Waals surface area contributed by atoms with E-state index in [1.165, 1.54) is 12.8 Å². The van der Waals surface area contributed by atoms with Crippen LogP contribution in [0.25, 0.3) is 0 Å². The molecule has 94 valence electrons. The Labute approximate surface area is 98.7 Å². The van der Waals surface area contributed by atoms with Crippen LogP contribution in [0.1, 0.15) is 59.3 Å². The fourth-order valence-electron chi connectivity index (χ4n) is 2.02. The van der Waals surface area contributed by atoms with Crippen molar-refractivity contribution < 1.29 is 9.53 Å². The van der Waals surface area contributed by atoms with Crippen LogP contribution in [-0.2, 0) is 9.53 Å². The van der Waals surface area contributed by atoms with Crippen molar-refractivity contribution >= 4 is 5.97 Å². The van der Waals surface area contributed by atoms with Gasteiger partial charge < -0.3 is 10.5 Å². The van der Waals surface area contributed by atoms with Crippen LogP contribution in [0.15, 0.2) is 0 Å². The van der Waals surface area contributed by atoms with Crippen molar-refractivity contribution in [2.24, 2.45) is 11.7 Å². The van der Waals surface area contributed by atoms with Crippen LogP contribution < -0.4 is 5.73 Å². The first-order valence-electron chi connectivity index (χ1n) is 6.35. The Kier molecular flexibility index (Phi) is 4.78. The zero-order valence-electron chi connectivity index (χ0n) is 10.8. The number of rotatable bonds is 4. The predicted octanol–water partition coefficient (Wildman–Crippen LogP) is 2.63. The Hall–Kier alpha value is -0.570. The highest BCUT2D eigenvalue weighted by molar-refractivity contribution is 5.69. The van der Waals surface area contributed by atoms with Gasteiger partial charge in [-0.25, -0.2) is 0 Å². The molecule has 0 radical (unpaired) electrons. The fraction of sp³-hybridized carbons (Fsp3) is 0.923. The van der Waals surface area contributed by atoms with Gasteiger partial charge in [-0.15, -0.1) is 0 Å². The summed E-state index contributed by atoms with van der Waals surface area (Å²) in [5, 5.41) is 0. The molecular weight excluding hydrogens is 202 g/mol. The standard InChI is InChI=1S/C13H25NO2/c1-10-4-6-11(7-5-10)16-12(15)8-9-13(2,3)14/h10-11H,4-9,14H2,1-3H3. The number of carbonyl (C=O) groups is 1. The molecule has 0 aromatic rings. The lowest BCUT2D eigenvalue weighted by Crippen LogP contribution is -2.33. The van der Waals surface area contributed by atoms with Gasteiger partial charge in [-0.3, -0.25) is 4.79 Å². The number of carbonyl (C=O) groups excluding carboxylic acids is 1. The topological polar surface area (TPSA) is 52.3 Å². The Morgan fingerprint density at radius 1 is 1.31 bits per heavy atom. The third kappa shape index (κ3) is 5.50. The van der Waals surface area contributed by atoms with Crippen LogP contribution in [0.4, 0.5) is 0 Å². The van der Waals surface area contributed by atoms with E-state index in [0.29, 0.717) is 12.8 Å². The summed E-state index contributed by atoms with van der Waals surface area (Å²) in [6.45, 7) is 6.13. The lowest BCUT2D eigenvalue weighted by Gasteiger charge is -2.26. The van der Waals surface area contributed by atoms with Crippen LogP contribution >= 0.6 is 0 Å². The zero-order chi connectivity index (χ0) is 12.2. The highest BCUT2D eigenvalue weighted by Gasteiger charge is 2.22. The molecule has 2 N–H and O–H groups in total. The fourth-order valence-corrected chi connectivity index (χ4v) is 2.02. The number of nitrogens with two attached hydrogens (primary N) is 1. The molecular formula is C13H25NO2. The first kappa shape index (κ1) is 13.5. The van der Waals surface area contributed by atoms with Crippen LogP contribution in [0, 0.1) is 5.92 Å². The minimum absolute atomic E-state index is 0.0851. The second kappa shape index (κ2) is 5.67. The summed E-state index contributed by atoms with van der Waals surface area (Å²) in [5.41, 5.74) is 5.55. The third-order valence-electron chi connectivity index (χ3n) is 3.23. The summed E-state index contributed by atoms with van der Waals surface area (Å²) in [4.78, 5) is 11.6. The largest absolute Gasteiger partial charge is 0.462 e. The monoisotopic (exact) mass is 227 g/mol. The molecule has 0 amide bonds. The van der Waals surface area contributed by atoms with Crippen molar-refractivity contribution in [2.45, 2.75) is 70.9 Å². The van der Waals surface area contributed by atoms with E-state index in [4.69, 9.17) is 10.5 Å². The maximum atomic E-state index is 11.6. The molecule has 0 saturated heterocycles. The quantitative estimate of drug-likeness (QED) is 0.751. The SMILES string of the molecule is CC1CCC(OC(=O)CCC(C)(C)N)CC1. The first-order valence-corrected chi connectivity index (χ1v) is 6.35. The van der Waals surface area contributed by atoms with Gasteiger partial charge in [-0.1, -0.05) is 6.92 Å². The molecule has 0 atom stereocenters. The molecule has 1 saturated carbocycles. The second-order valence-electron chi connectivity index (χ2n) is 5.86. The molecule has 0 spiro atoms. The molecule has 1 aliphatic carbocycles. The van der Waals surface area contributed by atoms with Crippen molar-refractivity contribution in [3.63, 3.8) is 0 Å². The summed E-state index contributed by atoms with van der Waals surface area (Å²) in [6, 6.07) is 0. The zero-order valence-corrected chi connectivity index (χ0v) is 10.8. The summed E-state index contributed by atoms with van der Waals surface area (Å²) < 4.78 is 5.44. The van der Waals surface area contributed by atoms with Gasteiger partial charge in [0.25, 0.3) is 0 Å². The van der Waals surface area contributed by atoms with E-state index in [0.717, 1.165) is 18.8 Å². The van der Waals surface area contributed by atoms with Gasteiger partial charge >= 0.3 is 5.97 Å². The molecule has 1 aliphatic rings. The minimum atomic E-state index is -0.278.